The molecule has 1 aromatic carbocycles. The maximum atomic E-state index is 5.81. The molecule has 3 rings (SSSR count). The standard InChI is InChI=1S/C15H16N6/c1-17-8-10-2-4-11(5-3-10)12-9-20-15(21-12)13-14(16)19-7-6-18-13/h2-7,9,17H,8H2,1H3,(H2,16,19)(H,20,21). The molecule has 2 heterocycles. The quantitative estimate of drug-likeness (QED) is 0.678. The summed E-state index contributed by atoms with van der Waals surface area (Å²) < 4.78 is 0. The van der Waals surface area contributed by atoms with Crippen LogP contribution in [0.4, 0.5) is 5.82 Å². The normalized spacial score (nSPS) is 10.7. The third-order valence-corrected chi connectivity index (χ3v) is 3.17. The molecular weight excluding hydrogens is 264 g/mol. The molecule has 0 aliphatic rings. The van der Waals surface area contributed by atoms with Crippen molar-refractivity contribution in [1.29, 1.82) is 0 Å². The fourth-order valence-corrected chi connectivity index (χ4v) is 2.13. The number of nitrogens with one attached hydrogen (secondary N) is 2. The van der Waals surface area contributed by atoms with Crippen molar-refractivity contribution < 1.29 is 0 Å². The van der Waals surface area contributed by atoms with Gasteiger partial charge >= 0.3 is 0 Å². The number of benzene rings is 1. The largest absolute Gasteiger partial charge is 0.382 e. The van der Waals surface area contributed by atoms with Crippen molar-refractivity contribution in [3.8, 4) is 22.8 Å². The third-order valence-electron chi connectivity index (χ3n) is 3.17. The van der Waals surface area contributed by atoms with Crippen molar-refractivity contribution in [2.45, 2.75) is 6.54 Å². The molecule has 0 bridgehead atoms. The molecule has 4 N–H and O–H groups in total. The highest BCUT2D eigenvalue weighted by Crippen LogP contribution is 2.23. The van der Waals surface area contributed by atoms with Gasteiger partial charge in [-0.25, -0.2) is 15.0 Å². The van der Waals surface area contributed by atoms with Gasteiger partial charge < -0.3 is 16.0 Å². The molecule has 0 saturated carbocycles. The highest BCUT2D eigenvalue weighted by molar-refractivity contribution is 5.67. The molecule has 0 unspecified atom stereocenters. The molecule has 0 spiro atoms. The molecule has 6 nitrogen and oxygen atoms in total. The summed E-state index contributed by atoms with van der Waals surface area (Å²) >= 11 is 0. The number of aromatic nitrogens is 4. The molecule has 0 amide bonds. The van der Waals surface area contributed by atoms with E-state index in [2.05, 4.69) is 49.5 Å². The van der Waals surface area contributed by atoms with Gasteiger partial charge in [-0.1, -0.05) is 24.3 Å². The van der Waals surface area contributed by atoms with Crippen LogP contribution in [0.15, 0.2) is 42.9 Å². The number of imidazole rings is 1. The van der Waals surface area contributed by atoms with E-state index in [1.165, 1.54) is 5.56 Å². The van der Waals surface area contributed by atoms with Gasteiger partial charge in [-0.2, -0.15) is 0 Å². The molecule has 21 heavy (non-hydrogen) atoms. The van der Waals surface area contributed by atoms with Gasteiger partial charge in [0.05, 0.1) is 11.9 Å². The lowest BCUT2D eigenvalue weighted by Gasteiger charge is -2.02. The van der Waals surface area contributed by atoms with Gasteiger partial charge in [-0.3, -0.25) is 0 Å². The van der Waals surface area contributed by atoms with Crippen LogP contribution in [0.2, 0.25) is 0 Å². The first-order chi connectivity index (χ1) is 10.3. The van der Waals surface area contributed by atoms with Crippen LogP contribution in [0.5, 0.6) is 0 Å². The maximum Gasteiger partial charge on any atom is 0.160 e. The fraction of sp³-hybridized carbons (Fsp3) is 0.133. The van der Waals surface area contributed by atoms with E-state index in [-0.39, 0.29) is 0 Å². The van der Waals surface area contributed by atoms with Crippen molar-refractivity contribution in [2.24, 2.45) is 0 Å². The SMILES string of the molecule is CNCc1ccc(-c2cnc(-c3nccnc3N)[nH]2)cc1. The molecule has 2 aromatic heterocycles. The zero-order chi connectivity index (χ0) is 14.7. The summed E-state index contributed by atoms with van der Waals surface area (Å²) in [5.41, 5.74) is 9.60. The second-order valence-corrected chi connectivity index (χ2v) is 4.66. The number of nitrogens with zero attached hydrogens (tertiary/aromatic N) is 3. The van der Waals surface area contributed by atoms with Crippen molar-refractivity contribution in [3.05, 3.63) is 48.4 Å². The highest BCUT2D eigenvalue weighted by Gasteiger charge is 2.10. The first-order valence-corrected chi connectivity index (χ1v) is 6.63. The number of H-pyrrole nitrogens is 1. The molecule has 3 aromatic rings. The summed E-state index contributed by atoms with van der Waals surface area (Å²) in [6.07, 6.45) is 4.93. The van der Waals surface area contributed by atoms with Crippen LogP contribution in [0.3, 0.4) is 0 Å². The Balaban J connectivity index is 1.89. The predicted octanol–water partition coefficient (Wildman–Crippen LogP) is 1.84. The third kappa shape index (κ3) is 2.75. The smallest absolute Gasteiger partial charge is 0.160 e. The average molecular weight is 280 g/mol. The zero-order valence-electron chi connectivity index (χ0n) is 11.7. The number of rotatable bonds is 4. The topological polar surface area (TPSA) is 92.5 Å². The molecule has 0 atom stereocenters. The van der Waals surface area contributed by atoms with Crippen LogP contribution in [-0.2, 0) is 6.54 Å². The molecule has 0 fully saturated rings. The van der Waals surface area contributed by atoms with Crippen LogP contribution >= 0.6 is 0 Å². The summed E-state index contributed by atoms with van der Waals surface area (Å²) in [5, 5.41) is 3.13. The number of nitrogen functional groups attached to an aromatic ring is 1. The summed E-state index contributed by atoms with van der Waals surface area (Å²) in [6, 6.07) is 8.29. The van der Waals surface area contributed by atoms with Crippen molar-refractivity contribution in [1.82, 2.24) is 25.3 Å². The Morgan fingerprint density at radius 2 is 1.86 bits per heavy atom. The Bertz CT molecular complexity index is 732. The summed E-state index contributed by atoms with van der Waals surface area (Å²) in [7, 11) is 1.93. The van der Waals surface area contributed by atoms with Crippen LogP contribution in [0.1, 0.15) is 5.56 Å². The second-order valence-electron chi connectivity index (χ2n) is 4.66. The van der Waals surface area contributed by atoms with Gasteiger partial charge in [-0.15, -0.1) is 0 Å². The van der Waals surface area contributed by atoms with E-state index in [0.717, 1.165) is 17.8 Å². The van der Waals surface area contributed by atoms with E-state index in [9.17, 15) is 0 Å². The fourth-order valence-electron chi connectivity index (χ4n) is 2.13. The van der Waals surface area contributed by atoms with E-state index in [4.69, 9.17) is 5.73 Å². The van der Waals surface area contributed by atoms with E-state index in [1.807, 2.05) is 7.05 Å². The molecule has 0 saturated heterocycles. The van der Waals surface area contributed by atoms with E-state index in [1.54, 1.807) is 18.6 Å². The minimum Gasteiger partial charge on any atom is -0.382 e. The minimum atomic E-state index is 0.364. The van der Waals surface area contributed by atoms with E-state index in [0.29, 0.717) is 17.3 Å². The van der Waals surface area contributed by atoms with E-state index < -0.39 is 0 Å². The maximum absolute atomic E-state index is 5.81. The van der Waals surface area contributed by atoms with Crippen molar-refractivity contribution in [2.75, 3.05) is 12.8 Å². The number of aromatic amines is 1. The average Bonchev–Trinajstić information content (AvgIpc) is 2.98. The molecular formula is C15H16N6. The van der Waals surface area contributed by atoms with Crippen LogP contribution in [0, 0.1) is 0 Å². The van der Waals surface area contributed by atoms with Crippen molar-refractivity contribution in [3.63, 3.8) is 0 Å². The van der Waals surface area contributed by atoms with Crippen LogP contribution in [-0.4, -0.2) is 27.0 Å². The Labute approximate surface area is 122 Å². The lowest BCUT2D eigenvalue weighted by atomic mass is 10.1. The van der Waals surface area contributed by atoms with Crippen molar-refractivity contribution >= 4 is 5.82 Å². The Hall–Kier alpha value is -2.73. The number of nitrogens with two attached hydrogens (primary N) is 1. The highest BCUT2D eigenvalue weighted by atomic mass is 15.0. The van der Waals surface area contributed by atoms with E-state index >= 15 is 0 Å². The molecule has 0 aliphatic heterocycles. The number of hydrogen-bond acceptors (Lipinski definition) is 5. The number of hydrogen-bond donors (Lipinski definition) is 3. The molecule has 106 valence electrons. The van der Waals surface area contributed by atoms with Gasteiger partial charge in [0.2, 0.25) is 0 Å². The first-order valence-electron chi connectivity index (χ1n) is 6.63. The lowest BCUT2D eigenvalue weighted by Crippen LogP contribution is -2.04. The molecule has 6 heteroatoms. The van der Waals surface area contributed by atoms with Gasteiger partial charge in [0.25, 0.3) is 0 Å². The van der Waals surface area contributed by atoms with Crippen LogP contribution in [0.25, 0.3) is 22.8 Å². The monoisotopic (exact) mass is 280 g/mol. The zero-order valence-corrected chi connectivity index (χ0v) is 11.7. The van der Waals surface area contributed by atoms with Gasteiger partial charge in [0.1, 0.15) is 5.69 Å². The van der Waals surface area contributed by atoms with Gasteiger partial charge in [0, 0.05) is 18.9 Å². The summed E-state index contributed by atoms with van der Waals surface area (Å²) in [6.45, 7) is 0.852. The van der Waals surface area contributed by atoms with Crippen LogP contribution < -0.4 is 11.1 Å². The number of anilines is 1. The molecule has 0 aliphatic carbocycles. The minimum absolute atomic E-state index is 0.364. The molecule has 0 radical (unpaired) electrons. The predicted molar refractivity (Wildman–Crippen MR) is 82.2 cm³/mol. The Morgan fingerprint density at radius 3 is 2.57 bits per heavy atom. The summed E-state index contributed by atoms with van der Waals surface area (Å²) in [5.74, 6) is 0.984. The van der Waals surface area contributed by atoms with Gasteiger partial charge in [0.15, 0.2) is 11.6 Å². The van der Waals surface area contributed by atoms with Gasteiger partial charge in [-0.05, 0) is 18.2 Å². The Morgan fingerprint density at radius 1 is 1.10 bits per heavy atom. The first kappa shape index (κ1) is 13.3. The second kappa shape index (κ2) is 5.72. The Kier molecular flexibility index (Phi) is 3.61. The lowest BCUT2D eigenvalue weighted by molar-refractivity contribution is 0.818. The summed E-state index contributed by atoms with van der Waals surface area (Å²) in [4.78, 5) is 15.8.